The molecule has 0 unspecified atom stereocenters. The number of aromatic hydroxyl groups is 1. The number of aryl methyl sites for hydroxylation is 3. The van der Waals surface area contributed by atoms with Gasteiger partial charge in [-0.1, -0.05) is 70.6 Å². The Bertz CT molecular complexity index is 1000. The van der Waals surface area contributed by atoms with E-state index in [0.717, 1.165) is 47.9 Å². The third-order valence-electron chi connectivity index (χ3n) is 5.34. The zero-order valence-electron chi connectivity index (χ0n) is 18.4. The Balaban J connectivity index is 0.00000166. The number of rotatable bonds is 7. The van der Waals surface area contributed by atoms with Crippen LogP contribution in [-0.2, 0) is 12.8 Å². The number of methoxy groups -OCH3 is 1. The Kier molecular flexibility index (Phi) is 9.30. The summed E-state index contributed by atoms with van der Waals surface area (Å²) in [6.07, 6.45) is 3.56. The van der Waals surface area contributed by atoms with E-state index in [0.29, 0.717) is 17.1 Å². The molecule has 0 aliphatic heterocycles. The van der Waals surface area contributed by atoms with Crippen molar-refractivity contribution >= 4 is 39.7 Å². The third kappa shape index (κ3) is 5.97. The van der Waals surface area contributed by atoms with Gasteiger partial charge < -0.3 is 27.0 Å². The molecule has 3 rings (SSSR count). The Morgan fingerprint density at radius 3 is 1.97 bits per heavy atom. The highest BCUT2D eigenvalue weighted by Gasteiger charge is 2.12. The van der Waals surface area contributed by atoms with Gasteiger partial charge in [-0.25, -0.2) is 0 Å². The molecule has 0 fully saturated rings. The largest absolute Gasteiger partial charge is 0.506 e. The normalized spacial score (nSPS) is 10.3. The molecule has 0 spiro atoms. The van der Waals surface area contributed by atoms with E-state index < -0.39 is 0 Å². The van der Waals surface area contributed by atoms with Gasteiger partial charge in [0.1, 0.15) is 17.2 Å². The summed E-state index contributed by atoms with van der Waals surface area (Å²) in [7, 11) is 1.56. The van der Waals surface area contributed by atoms with E-state index in [1.54, 1.807) is 13.2 Å². The molecule has 7 N–H and O–H groups in total. The second-order valence-corrected chi connectivity index (χ2v) is 7.36. The minimum Gasteiger partial charge on any atom is -0.506 e. The quantitative estimate of drug-likeness (QED) is 0.102. The standard InChI is InChI=1S/C24H29N3O2.CH3I/c1-15-7-9-16(10-8-15)19-13-11-17(21(25)22(19)26)5-3-4-6-18-12-14-20(28)23(27)24(18)29-2;1-2/h7-14,28H,3-6,25-27H2,1-2H3;1H3. The molecule has 0 heterocycles. The van der Waals surface area contributed by atoms with Crippen LogP contribution in [0.2, 0.25) is 0 Å². The van der Waals surface area contributed by atoms with Gasteiger partial charge in [0.05, 0.1) is 18.5 Å². The molecule has 3 aromatic carbocycles. The number of hydrogen-bond donors (Lipinski definition) is 4. The van der Waals surface area contributed by atoms with E-state index in [1.807, 2.05) is 11.0 Å². The Labute approximate surface area is 198 Å². The Morgan fingerprint density at radius 2 is 1.35 bits per heavy atom. The predicted octanol–water partition coefficient (Wildman–Crippen LogP) is 5.74. The number of alkyl halides is 1. The average Bonchev–Trinajstić information content (AvgIpc) is 2.78. The number of hydrogen-bond acceptors (Lipinski definition) is 5. The van der Waals surface area contributed by atoms with Crippen LogP contribution in [0.15, 0.2) is 48.5 Å². The summed E-state index contributed by atoms with van der Waals surface area (Å²) in [4.78, 5) is 1.97. The average molecular weight is 533 g/mol. The van der Waals surface area contributed by atoms with Crippen LogP contribution < -0.4 is 21.9 Å². The second kappa shape index (κ2) is 11.7. The van der Waals surface area contributed by atoms with Crippen molar-refractivity contribution in [1.29, 1.82) is 0 Å². The van der Waals surface area contributed by atoms with Crippen LogP contribution in [0.3, 0.4) is 0 Å². The number of phenolic OH excluding ortho intramolecular Hbond substituents is 1. The molecular weight excluding hydrogens is 501 g/mol. The monoisotopic (exact) mass is 533 g/mol. The maximum Gasteiger partial charge on any atom is 0.148 e. The van der Waals surface area contributed by atoms with Crippen LogP contribution in [0.4, 0.5) is 17.1 Å². The van der Waals surface area contributed by atoms with Crippen molar-refractivity contribution < 1.29 is 9.84 Å². The zero-order chi connectivity index (χ0) is 23.0. The zero-order valence-corrected chi connectivity index (χ0v) is 20.6. The number of unbranched alkanes of at least 4 members (excludes halogenated alkanes) is 1. The summed E-state index contributed by atoms with van der Waals surface area (Å²) in [6.45, 7) is 2.06. The third-order valence-corrected chi connectivity index (χ3v) is 5.34. The van der Waals surface area contributed by atoms with E-state index in [-0.39, 0.29) is 11.4 Å². The molecule has 0 bridgehead atoms. The van der Waals surface area contributed by atoms with Crippen molar-refractivity contribution in [2.24, 2.45) is 0 Å². The number of anilines is 3. The highest BCUT2D eigenvalue weighted by molar-refractivity contribution is 14.1. The summed E-state index contributed by atoms with van der Waals surface area (Å²) in [6, 6.07) is 15.9. The fourth-order valence-electron chi connectivity index (χ4n) is 3.59. The smallest absolute Gasteiger partial charge is 0.148 e. The fourth-order valence-corrected chi connectivity index (χ4v) is 3.59. The topological polar surface area (TPSA) is 108 Å². The SMILES string of the molecule is CI.COc1c(CCCCc2ccc(-c3ccc(C)cc3)c(N)c2N)ccc(O)c1N. The highest BCUT2D eigenvalue weighted by Crippen LogP contribution is 2.36. The lowest BCUT2D eigenvalue weighted by atomic mass is 9.96. The van der Waals surface area contributed by atoms with Crippen LogP contribution in [0.1, 0.15) is 29.5 Å². The van der Waals surface area contributed by atoms with Crippen molar-refractivity contribution in [3.8, 4) is 22.6 Å². The van der Waals surface area contributed by atoms with E-state index in [9.17, 15) is 5.11 Å². The van der Waals surface area contributed by atoms with Crippen molar-refractivity contribution in [2.45, 2.75) is 32.6 Å². The van der Waals surface area contributed by atoms with Gasteiger partial charge in [-0.3, -0.25) is 0 Å². The number of phenols is 1. The van der Waals surface area contributed by atoms with E-state index in [4.69, 9.17) is 21.9 Å². The maximum atomic E-state index is 9.72. The molecule has 0 aromatic heterocycles. The molecule has 3 aromatic rings. The molecule has 0 saturated heterocycles. The molecule has 166 valence electrons. The van der Waals surface area contributed by atoms with Gasteiger partial charge in [-0.05, 0) is 60.3 Å². The molecule has 0 amide bonds. The van der Waals surface area contributed by atoms with Crippen molar-refractivity contribution in [3.63, 3.8) is 0 Å². The lowest BCUT2D eigenvalue weighted by Gasteiger charge is -2.14. The summed E-state index contributed by atoms with van der Waals surface area (Å²) < 4.78 is 5.35. The van der Waals surface area contributed by atoms with Gasteiger partial charge in [0.2, 0.25) is 0 Å². The molecule has 0 radical (unpaired) electrons. The van der Waals surface area contributed by atoms with Crippen LogP contribution in [-0.4, -0.2) is 17.1 Å². The molecule has 31 heavy (non-hydrogen) atoms. The Hall–Kier alpha value is -2.61. The number of ether oxygens (including phenoxy) is 1. The highest BCUT2D eigenvalue weighted by atomic mass is 127. The lowest BCUT2D eigenvalue weighted by molar-refractivity contribution is 0.405. The van der Waals surface area contributed by atoms with Gasteiger partial charge in [0, 0.05) is 5.56 Å². The van der Waals surface area contributed by atoms with Crippen LogP contribution >= 0.6 is 22.6 Å². The number of nitrogen functional groups attached to an aromatic ring is 3. The first-order valence-corrected chi connectivity index (χ1v) is 12.3. The molecule has 0 saturated carbocycles. The van der Waals surface area contributed by atoms with E-state index in [1.165, 1.54) is 5.56 Å². The van der Waals surface area contributed by atoms with E-state index >= 15 is 0 Å². The maximum absolute atomic E-state index is 9.72. The van der Waals surface area contributed by atoms with Crippen molar-refractivity contribution in [2.75, 3.05) is 29.2 Å². The van der Waals surface area contributed by atoms with Gasteiger partial charge in [0.15, 0.2) is 0 Å². The minimum absolute atomic E-state index is 0.0440. The molecule has 6 heteroatoms. The van der Waals surface area contributed by atoms with Crippen molar-refractivity contribution in [1.82, 2.24) is 0 Å². The fraction of sp³-hybridized carbons (Fsp3) is 0.280. The van der Waals surface area contributed by atoms with Crippen LogP contribution in [0.25, 0.3) is 11.1 Å². The predicted molar refractivity (Wildman–Crippen MR) is 141 cm³/mol. The van der Waals surface area contributed by atoms with Crippen LogP contribution in [0.5, 0.6) is 11.5 Å². The van der Waals surface area contributed by atoms with Gasteiger partial charge in [0.25, 0.3) is 0 Å². The first-order chi connectivity index (χ1) is 14.9. The lowest BCUT2D eigenvalue weighted by Crippen LogP contribution is -2.03. The Morgan fingerprint density at radius 1 is 0.774 bits per heavy atom. The van der Waals surface area contributed by atoms with E-state index in [2.05, 4.69) is 65.9 Å². The van der Waals surface area contributed by atoms with Gasteiger partial charge in [-0.2, -0.15) is 0 Å². The first kappa shape index (κ1) is 24.7. The van der Waals surface area contributed by atoms with Crippen LogP contribution in [0, 0.1) is 6.92 Å². The summed E-state index contributed by atoms with van der Waals surface area (Å²) in [5.74, 6) is 0.596. The number of halogens is 1. The first-order valence-electron chi connectivity index (χ1n) is 10.2. The van der Waals surface area contributed by atoms with Gasteiger partial charge in [-0.15, -0.1) is 0 Å². The summed E-state index contributed by atoms with van der Waals surface area (Å²) >= 11 is 2.15. The van der Waals surface area contributed by atoms with Gasteiger partial charge >= 0.3 is 0 Å². The molecule has 0 atom stereocenters. The second-order valence-electron chi connectivity index (χ2n) is 7.36. The summed E-state index contributed by atoms with van der Waals surface area (Å²) in [5.41, 5.74) is 25.5. The minimum atomic E-state index is 0.0440. The molecule has 5 nitrogen and oxygen atoms in total. The number of nitrogens with two attached hydrogens (primary N) is 3. The molecular formula is C25H32IN3O2. The molecule has 0 aliphatic rings. The van der Waals surface area contributed by atoms with Crippen molar-refractivity contribution in [3.05, 3.63) is 65.2 Å². The number of benzene rings is 3. The summed E-state index contributed by atoms with van der Waals surface area (Å²) in [5, 5.41) is 9.72. The molecule has 0 aliphatic carbocycles.